The van der Waals surface area contributed by atoms with E-state index in [0.29, 0.717) is 26.2 Å². The van der Waals surface area contributed by atoms with E-state index in [0.717, 1.165) is 12.8 Å². The molecule has 0 spiro atoms. The van der Waals surface area contributed by atoms with Crippen molar-refractivity contribution in [2.45, 2.75) is 38.5 Å². The number of aryl methyl sites for hydroxylation is 1. The lowest BCUT2D eigenvalue weighted by Gasteiger charge is -2.33. The van der Waals surface area contributed by atoms with Crippen LogP contribution in [0.3, 0.4) is 0 Å². The molecule has 3 rings (SSSR count). The molecule has 1 aromatic heterocycles. The number of urea groups is 1. The molecule has 7 nitrogen and oxygen atoms in total. The normalized spacial score (nSPS) is 18.8. The fourth-order valence-corrected chi connectivity index (χ4v) is 3.01. The summed E-state index contributed by atoms with van der Waals surface area (Å²) in [4.78, 5) is 18.2. The molecule has 1 aliphatic heterocycles. The molecule has 0 unspecified atom stereocenters. The second-order valence-electron chi connectivity index (χ2n) is 6.43. The minimum atomic E-state index is -0.0411. The summed E-state index contributed by atoms with van der Waals surface area (Å²) < 4.78 is 7.54. The maximum atomic E-state index is 12.5. The molecular weight excluding hydrogens is 318 g/mol. The van der Waals surface area contributed by atoms with E-state index >= 15 is 0 Å². The Balaban J connectivity index is 1.44. The lowest BCUT2D eigenvalue weighted by molar-refractivity contribution is -0.0179. The average molecular weight is 343 g/mol. The summed E-state index contributed by atoms with van der Waals surface area (Å²) >= 11 is 0. The van der Waals surface area contributed by atoms with Crippen LogP contribution in [0, 0.1) is 0 Å². The van der Waals surface area contributed by atoms with Gasteiger partial charge in [0.25, 0.3) is 0 Å². The largest absolute Gasteiger partial charge is 0.375 e. The van der Waals surface area contributed by atoms with E-state index in [2.05, 4.69) is 27.5 Å². The Hall–Kier alpha value is -2.41. The lowest BCUT2D eigenvalue weighted by atomic mass is 10.1. The molecule has 2 atom stereocenters. The van der Waals surface area contributed by atoms with E-state index in [-0.39, 0.29) is 18.2 Å². The van der Waals surface area contributed by atoms with Crippen molar-refractivity contribution in [1.82, 2.24) is 25.0 Å². The van der Waals surface area contributed by atoms with Gasteiger partial charge in [0.15, 0.2) is 0 Å². The Kier molecular flexibility index (Phi) is 6.00. The van der Waals surface area contributed by atoms with Crippen LogP contribution in [0.25, 0.3) is 0 Å². The summed E-state index contributed by atoms with van der Waals surface area (Å²) in [7, 11) is 0. The monoisotopic (exact) mass is 343 g/mol. The SMILES string of the molecule is C[C@@H](Cn1cncn1)NC(=O)N1CCO[C@H](CCc2ccccc2)C1. The van der Waals surface area contributed by atoms with E-state index in [1.165, 1.54) is 11.9 Å². The van der Waals surface area contributed by atoms with Crippen molar-refractivity contribution in [2.24, 2.45) is 0 Å². The molecule has 2 heterocycles. The minimum Gasteiger partial charge on any atom is -0.375 e. The highest BCUT2D eigenvalue weighted by molar-refractivity contribution is 5.74. The number of aromatic nitrogens is 3. The predicted octanol–water partition coefficient (Wildman–Crippen LogP) is 1.71. The van der Waals surface area contributed by atoms with Crippen LogP contribution in [-0.2, 0) is 17.7 Å². The number of rotatable bonds is 6. The summed E-state index contributed by atoms with van der Waals surface area (Å²) in [6.45, 7) is 4.42. The van der Waals surface area contributed by atoms with E-state index in [1.54, 1.807) is 11.0 Å². The number of carbonyl (C=O) groups excluding carboxylic acids is 1. The Morgan fingerprint density at radius 2 is 2.24 bits per heavy atom. The van der Waals surface area contributed by atoms with E-state index in [4.69, 9.17) is 4.74 Å². The summed E-state index contributed by atoms with van der Waals surface area (Å²) in [5.41, 5.74) is 1.30. The third-order valence-corrected chi connectivity index (χ3v) is 4.32. The van der Waals surface area contributed by atoms with Gasteiger partial charge in [-0.15, -0.1) is 0 Å². The van der Waals surface area contributed by atoms with Crippen molar-refractivity contribution in [2.75, 3.05) is 19.7 Å². The number of amides is 2. The molecule has 0 aliphatic carbocycles. The van der Waals surface area contributed by atoms with E-state index < -0.39 is 0 Å². The van der Waals surface area contributed by atoms with Gasteiger partial charge < -0.3 is 15.0 Å². The van der Waals surface area contributed by atoms with Crippen molar-refractivity contribution in [1.29, 1.82) is 0 Å². The molecule has 134 valence electrons. The highest BCUT2D eigenvalue weighted by atomic mass is 16.5. The van der Waals surface area contributed by atoms with Crippen molar-refractivity contribution in [3.63, 3.8) is 0 Å². The van der Waals surface area contributed by atoms with Crippen LogP contribution in [0.1, 0.15) is 18.9 Å². The quantitative estimate of drug-likeness (QED) is 0.867. The lowest BCUT2D eigenvalue weighted by Crippen LogP contribution is -2.52. The van der Waals surface area contributed by atoms with Crippen LogP contribution >= 0.6 is 0 Å². The molecule has 1 aliphatic rings. The van der Waals surface area contributed by atoms with Crippen LogP contribution in [0.15, 0.2) is 43.0 Å². The van der Waals surface area contributed by atoms with Crippen molar-refractivity contribution < 1.29 is 9.53 Å². The zero-order chi connectivity index (χ0) is 17.5. The molecule has 2 aromatic rings. The van der Waals surface area contributed by atoms with Crippen LogP contribution in [0.5, 0.6) is 0 Å². The first-order chi connectivity index (χ1) is 12.2. The van der Waals surface area contributed by atoms with Gasteiger partial charge in [0.05, 0.1) is 19.3 Å². The Labute approximate surface area is 148 Å². The number of benzene rings is 1. The molecule has 25 heavy (non-hydrogen) atoms. The first-order valence-corrected chi connectivity index (χ1v) is 8.74. The van der Waals surface area contributed by atoms with Gasteiger partial charge in [0.2, 0.25) is 0 Å². The summed E-state index contributed by atoms with van der Waals surface area (Å²) in [5, 5.41) is 7.09. The van der Waals surface area contributed by atoms with Gasteiger partial charge in [-0.3, -0.25) is 4.68 Å². The summed E-state index contributed by atoms with van der Waals surface area (Å²) in [6.07, 6.45) is 5.11. The van der Waals surface area contributed by atoms with Gasteiger partial charge in [-0.25, -0.2) is 9.78 Å². The van der Waals surface area contributed by atoms with Gasteiger partial charge in [-0.1, -0.05) is 30.3 Å². The molecule has 7 heteroatoms. The van der Waals surface area contributed by atoms with Crippen molar-refractivity contribution in [3.8, 4) is 0 Å². The topological polar surface area (TPSA) is 72.3 Å². The van der Waals surface area contributed by atoms with Crippen LogP contribution in [0.2, 0.25) is 0 Å². The smallest absolute Gasteiger partial charge is 0.317 e. The zero-order valence-electron chi connectivity index (χ0n) is 14.5. The molecule has 1 aromatic carbocycles. The highest BCUT2D eigenvalue weighted by Gasteiger charge is 2.24. The molecule has 1 saturated heterocycles. The number of ether oxygens (including phenoxy) is 1. The van der Waals surface area contributed by atoms with Crippen LogP contribution in [-0.4, -0.2) is 57.5 Å². The predicted molar refractivity (Wildman–Crippen MR) is 94.1 cm³/mol. The van der Waals surface area contributed by atoms with Gasteiger partial charge in [0, 0.05) is 19.1 Å². The first kappa shape index (κ1) is 17.4. The molecule has 0 bridgehead atoms. The second kappa shape index (κ2) is 8.62. The summed E-state index contributed by atoms with van der Waals surface area (Å²) in [5.74, 6) is 0. The van der Waals surface area contributed by atoms with Gasteiger partial charge >= 0.3 is 6.03 Å². The minimum absolute atomic E-state index is 0.0141. The average Bonchev–Trinajstić information content (AvgIpc) is 3.14. The molecule has 0 saturated carbocycles. The summed E-state index contributed by atoms with van der Waals surface area (Å²) in [6, 6.07) is 10.3. The number of hydrogen-bond donors (Lipinski definition) is 1. The Morgan fingerprint density at radius 3 is 3.00 bits per heavy atom. The van der Waals surface area contributed by atoms with E-state index in [1.807, 2.05) is 30.0 Å². The second-order valence-corrected chi connectivity index (χ2v) is 6.43. The molecular formula is C18H25N5O2. The number of carbonyl (C=O) groups is 1. The fourth-order valence-electron chi connectivity index (χ4n) is 3.01. The maximum absolute atomic E-state index is 12.5. The number of morpholine rings is 1. The van der Waals surface area contributed by atoms with Crippen LogP contribution in [0.4, 0.5) is 4.79 Å². The third kappa shape index (κ3) is 5.29. The van der Waals surface area contributed by atoms with Gasteiger partial charge in [0.1, 0.15) is 12.7 Å². The Morgan fingerprint density at radius 1 is 1.40 bits per heavy atom. The maximum Gasteiger partial charge on any atom is 0.317 e. The van der Waals surface area contributed by atoms with Gasteiger partial charge in [-0.2, -0.15) is 5.10 Å². The highest BCUT2D eigenvalue weighted by Crippen LogP contribution is 2.13. The molecule has 0 radical (unpaired) electrons. The van der Waals surface area contributed by atoms with Crippen LogP contribution < -0.4 is 5.32 Å². The molecule has 1 N–H and O–H groups in total. The third-order valence-electron chi connectivity index (χ3n) is 4.32. The van der Waals surface area contributed by atoms with Gasteiger partial charge in [-0.05, 0) is 25.3 Å². The van der Waals surface area contributed by atoms with Crippen molar-refractivity contribution in [3.05, 3.63) is 48.5 Å². The fraction of sp³-hybridized carbons (Fsp3) is 0.500. The number of nitrogens with one attached hydrogen (secondary N) is 1. The molecule has 2 amide bonds. The standard InChI is InChI=1S/C18H25N5O2/c1-15(11-23-14-19-13-20-23)21-18(24)22-9-10-25-17(12-22)8-7-16-5-3-2-4-6-16/h2-6,13-15,17H,7-12H2,1H3,(H,21,24)/t15-,17+/m0/s1. The van der Waals surface area contributed by atoms with Crippen molar-refractivity contribution >= 4 is 6.03 Å². The zero-order valence-corrected chi connectivity index (χ0v) is 14.5. The number of hydrogen-bond acceptors (Lipinski definition) is 4. The van der Waals surface area contributed by atoms with E-state index in [9.17, 15) is 4.79 Å². The Bertz CT molecular complexity index is 647. The number of nitrogens with zero attached hydrogens (tertiary/aromatic N) is 4. The molecule has 1 fully saturated rings. The first-order valence-electron chi connectivity index (χ1n) is 8.74.